The van der Waals surface area contributed by atoms with E-state index < -0.39 is 0 Å². The summed E-state index contributed by atoms with van der Waals surface area (Å²) >= 11 is 3.40. The van der Waals surface area contributed by atoms with Crippen molar-refractivity contribution in [2.45, 2.75) is 25.8 Å². The molecule has 5 nitrogen and oxygen atoms in total. The molecule has 0 unspecified atom stereocenters. The Labute approximate surface area is 113 Å². The van der Waals surface area contributed by atoms with Crippen molar-refractivity contribution in [2.24, 2.45) is 0 Å². The molecule has 2 aromatic rings. The average molecular weight is 312 g/mol. The number of aryl methyl sites for hydroxylation is 1. The van der Waals surface area contributed by atoms with Gasteiger partial charge in [0.05, 0.1) is 16.6 Å². The number of alkyl halides is 1. The number of benzene rings is 1. The molecule has 2 rings (SSSR count). The highest BCUT2D eigenvalue weighted by Crippen LogP contribution is 2.20. The lowest BCUT2D eigenvalue weighted by Gasteiger charge is -2.02. The standard InChI is InChI=1S/C12H14BrN3O2/c13-6-2-1-3-7-15-12-8-11(16(17)18)5-4-10(12)9-14-15/h4-5,8-9H,1-3,6-7H2. The third-order valence-electron chi connectivity index (χ3n) is 2.84. The Morgan fingerprint density at radius 1 is 1.33 bits per heavy atom. The van der Waals surface area contributed by atoms with Crippen LogP contribution in [0, 0.1) is 10.1 Å². The van der Waals surface area contributed by atoms with E-state index in [0.29, 0.717) is 0 Å². The lowest BCUT2D eigenvalue weighted by molar-refractivity contribution is -0.384. The van der Waals surface area contributed by atoms with Gasteiger partial charge in [0.25, 0.3) is 5.69 Å². The summed E-state index contributed by atoms with van der Waals surface area (Å²) < 4.78 is 1.84. The van der Waals surface area contributed by atoms with Crippen molar-refractivity contribution in [3.8, 4) is 0 Å². The van der Waals surface area contributed by atoms with E-state index in [4.69, 9.17) is 0 Å². The van der Waals surface area contributed by atoms with Gasteiger partial charge in [-0.3, -0.25) is 14.8 Å². The molecule has 96 valence electrons. The first-order valence-electron chi connectivity index (χ1n) is 5.88. The van der Waals surface area contributed by atoms with Gasteiger partial charge < -0.3 is 0 Å². The Morgan fingerprint density at radius 3 is 2.89 bits per heavy atom. The molecule has 0 N–H and O–H groups in total. The van der Waals surface area contributed by atoms with E-state index >= 15 is 0 Å². The van der Waals surface area contributed by atoms with Gasteiger partial charge in [-0.15, -0.1) is 0 Å². The van der Waals surface area contributed by atoms with Crippen molar-refractivity contribution in [1.82, 2.24) is 9.78 Å². The van der Waals surface area contributed by atoms with Crippen LogP contribution in [0.4, 0.5) is 5.69 Å². The van der Waals surface area contributed by atoms with Crippen LogP contribution >= 0.6 is 15.9 Å². The molecule has 0 aliphatic carbocycles. The van der Waals surface area contributed by atoms with Crippen LogP contribution in [0.25, 0.3) is 10.9 Å². The van der Waals surface area contributed by atoms with E-state index in [1.807, 2.05) is 4.68 Å². The van der Waals surface area contributed by atoms with Crippen LogP contribution in [0.1, 0.15) is 19.3 Å². The first-order chi connectivity index (χ1) is 8.72. The van der Waals surface area contributed by atoms with Crippen LogP contribution < -0.4 is 0 Å². The van der Waals surface area contributed by atoms with Gasteiger partial charge in [-0.2, -0.15) is 5.10 Å². The highest BCUT2D eigenvalue weighted by Gasteiger charge is 2.09. The zero-order valence-corrected chi connectivity index (χ0v) is 11.5. The second-order valence-corrected chi connectivity index (χ2v) is 4.91. The molecule has 0 saturated carbocycles. The highest BCUT2D eigenvalue weighted by molar-refractivity contribution is 9.09. The van der Waals surface area contributed by atoms with Gasteiger partial charge in [-0.1, -0.05) is 22.4 Å². The number of nitrogens with zero attached hydrogens (tertiary/aromatic N) is 3. The fraction of sp³-hybridized carbons (Fsp3) is 0.417. The van der Waals surface area contributed by atoms with E-state index in [-0.39, 0.29) is 10.6 Å². The van der Waals surface area contributed by atoms with Crippen LogP contribution in [0.5, 0.6) is 0 Å². The van der Waals surface area contributed by atoms with Gasteiger partial charge in [-0.05, 0) is 18.9 Å². The van der Waals surface area contributed by atoms with Crippen molar-refractivity contribution in [2.75, 3.05) is 5.33 Å². The van der Waals surface area contributed by atoms with Gasteiger partial charge >= 0.3 is 0 Å². The summed E-state index contributed by atoms with van der Waals surface area (Å²) in [4.78, 5) is 10.4. The zero-order chi connectivity index (χ0) is 13.0. The highest BCUT2D eigenvalue weighted by atomic mass is 79.9. The quantitative estimate of drug-likeness (QED) is 0.355. The Kier molecular flexibility index (Phi) is 4.30. The summed E-state index contributed by atoms with van der Waals surface area (Å²) in [6, 6.07) is 4.85. The number of fused-ring (bicyclic) bond motifs is 1. The second kappa shape index (κ2) is 5.95. The number of hydrogen-bond donors (Lipinski definition) is 0. The molecule has 6 heteroatoms. The number of halogens is 1. The minimum Gasteiger partial charge on any atom is -0.265 e. The van der Waals surface area contributed by atoms with Crippen molar-refractivity contribution in [3.05, 3.63) is 34.5 Å². The zero-order valence-electron chi connectivity index (χ0n) is 9.88. The smallest absolute Gasteiger partial charge is 0.265 e. The van der Waals surface area contributed by atoms with Crippen molar-refractivity contribution >= 4 is 32.5 Å². The van der Waals surface area contributed by atoms with E-state index in [1.165, 1.54) is 6.07 Å². The summed E-state index contributed by atoms with van der Waals surface area (Å²) in [5.74, 6) is 0. The summed E-state index contributed by atoms with van der Waals surface area (Å²) in [7, 11) is 0. The Morgan fingerprint density at radius 2 is 2.17 bits per heavy atom. The summed E-state index contributed by atoms with van der Waals surface area (Å²) in [6.07, 6.45) is 5.05. The molecule has 0 bridgehead atoms. The fourth-order valence-electron chi connectivity index (χ4n) is 1.88. The molecule has 1 heterocycles. The summed E-state index contributed by atoms with van der Waals surface area (Å²) in [5, 5.41) is 17.0. The predicted molar refractivity (Wildman–Crippen MR) is 74.0 cm³/mol. The van der Waals surface area contributed by atoms with E-state index in [9.17, 15) is 10.1 Å². The van der Waals surface area contributed by atoms with E-state index in [0.717, 1.165) is 42.0 Å². The van der Waals surface area contributed by atoms with Gasteiger partial charge in [-0.25, -0.2) is 0 Å². The minimum absolute atomic E-state index is 0.115. The maximum absolute atomic E-state index is 10.7. The van der Waals surface area contributed by atoms with Gasteiger partial charge in [0.2, 0.25) is 0 Å². The average Bonchev–Trinajstić information content (AvgIpc) is 2.77. The molecule has 0 saturated heterocycles. The predicted octanol–water partition coefficient (Wildman–Crippen LogP) is 3.51. The first-order valence-corrected chi connectivity index (χ1v) is 7.00. The van der Waals surface area contributed by atoms with E-state index in [1.54, 1.807) is 18.3 Å². The fourth-order valence-corrected chi connectivity index (χ4v) is 2.28. The van der Waals surface area contributed by atoms with Crippen molar-refractivity contribution in [3.63, 3.8) is 0 Å². The topological polar surface area (TPSA) is 61.0 Å². The maximum atomic E-state index is 10.7. The molecular weight excluding hydrogens is 298 g/mol. The normalized spacial score (nSPS) is 10.9. The summed E-state index contributed by atoms with van der Waals surface area (Å²) in [5.41, 5.74) is 0.952. The van der Waals surface area contributed by atoms with Gasteiger partial charge in [0.1, 0.15) is 0 Å². The molecule has 0 fully saturated rings. The monoisotopic (exact) mass is 311 g/mol. The van der Waals surface area contributed by atoms with Gasteiger partial charge in [0.15, 0.2) is 0 Å². The molecule has 0 aliphatic heterocycles. The number of unbranched alkanes of at least 4 members (excludes halogenated alkanes) is 2. The number of hydrogen-bond acceptors (Lipinski definition) is 3. The van der Waals surface area contributed by atoms with Gasteiger partial charge in [0, 0.05) is 29.4 Å². The number of nitro benzene ring substituents is 1. The molecule has 18 heavy (non-hydrogen) atoms. The molecule has 1 aromatic heterocycles. The van der Waals surface area contributed by atoms with Crippen molar-refractivity contribution in [1.29, 1.82) is 0 Å². The third kappa shape index (κ3) is 2.87. The Bertz CT molecular complexity index is 553. The molecule has 0 spiro atoms. The molecule has 0 amide bonds. The maximum Gasteiger partial charge on any atom is 0.271 e. The lowest BCUT2D eigenvalue weighted by atomic mass is 10.2. The molecule has 0 aliphatic rings. The number of non-ortho nitro benzene ring substituents is 1. The minimum atomic E-state index is -0.373. The summed E-state index contributed by atoms with van der Waals surface area (Å²) in [6.45, 7) is 0.803. The molecule has 0 radical (unpaired) electrons. The SMILES string of the molecule is O=[N+]([O-])c1ccc2cnn(CCCCCBr)c2c1. The molecule has 1 aromatic carbocycles. The Balaban J connectivity index is 2.17. The van der Waals surface area contributed by atoms with Crippen LogP contribution in [-0.2, 0) is 6.54 Å². The van der Waals surface area contributed by atoms with E-state index in [2.05, 4.69) is 21.0 Å². The largest absolute Gasteiger partial charge is 0.271 e. The Hall–Kier alpha value is -1.43. The molecule has 0 atom stereocenters. The first kappa shape index (κ1) is 13.0. The second-order valence-electron chi connectivity index (χ2n) is 4.12. The van der Waals surface area contributed by atoms with Crippen LogP contribution in [0.15, 0.2) is 24.4 Å². The van der Waals surface area contributed by atoms with Crippen molar-refractivity contribution < 1.29 is 4.92 Å². The van der Waals surface area contributed by atoms with Crippen LogP contribution in [-0.4, -0.2) is 20.0 Å². The lowest BCUT2D eigenvalue weighted by Crippen LogP contribution is -2.00. The van der Waals surface area contributed by atoms with Crippen LogP contribution in [0.3, 0.4) is 0 Å². The molecular formula is C12H14BrN3O2. The van der Waals surface area contributed by atoms with Crippen LogP contribution in [0.2, 0.25) is 0 Å². The number of aromatic nitrogens is 2. The third-order valence-corrected chi connectivity index (χ3v) is 3.40. The number of nitro groups is 1. The number of rotatable bonds is 6.